The molecule has 0 amide bonds. The molecule has 3 rings (SSSR count). The maximum Gasteiger partial charge on any atom is 0.380 e. The van der Waals surface area contributed by atoms with E-state index in [2.05, 4.69) is 16.8 Å². The molecule has 13 nitrogen and oxygen atoms in total. The number of ether oxygens (including phenoxy) is 2. The number of nitrogens with one attached hydrogen (secondary N) is 1. The summed E-state index contributed by atoms with van der Waals surface area (Å²) < 4.78 is 53.3. The standard InChI is InChI=1S/C24H30N3O10P/c1-5-11-24(32)19(28)18(36-21(24)27-14-25-22(30)26-23(27)31)12-34-38(33,37-17-9-7-6-8-10-17)13-16(4)20(29)35-15(2)3/h6-10,14-16,18-19,21,28,32H,12-13H2,1-4H3,(H,26,30,31)/t16-,18-,19+,21-,24?,38+/m1/s1/i12D2. The zero-order valence-electron chi connectivity index (χ0n) is 23.1. The van der Waals surface area contributed by atoms with E-state index in [1.54, 1.807) is 32.0 Å². The molecule has 1 aliphatic heterocycles. The van der Waals surface area contributed by atoms with Gasteiger partial charge in [-0.15, -0.1) is 5.92 Å². The third-order valence-electron chi connectivity index (χ3n) is 5.26. The van der Waals surface area contributed by atoms with E-state index in [4.69, 9.17) is 21.3 Å². The lowest BCUT2D eigenvalue weighted by Gasteiger charge is -2.26. The van der Waals surface area contributed by atoms with Gasteiger partial charge in [-0.05, 0) is 32.9 Å². The monoisotopic (exact) mass is 553 g/mol. The minimum atomic E-state index is -4.57. The molecule has 0 bridgehead atoms. The summed E-state index contributed by atoms with van der Waals surface area (Å²) in [6, 6.07) is 7.67. The number of para-hydroxylation sites is 1. The van der Waals surface area contributed by atoms with Gasteiger partial charge in [-0.1, -0.05) is 31.0 Å². The van der Waals surface area contributed by atoms with E-state index < -0.39 is 73.7 Å². The van der Waals surface area contributed by atoms with Crippen molar-refractivity contribution in [3.63, 3.8) is 0 Å². The topological polar surface area (TPSA) is 179 Å². The number of aliphatic hydroxyl groups excluding tert-OH is 1. The van der Waals surface area contributed by atoms with Crippen LogP contribution in [0.2, 0.25) is 0 Å². The van der Waals surface area contributed by atoms with E-state index in [1.807, 2.05) is 4.98 Å². The summed E-state index contributed by atoms with van der Waals surface area (Å²) in [6.07, 6.45) is -6.52. The molecule has 6 atom stereocenters. The van der Waals surface area contributed by atoms with E-state index >= 15 is 0 Å². The smallest absolute Gasteiger partial charge is 0.380 e. The van der Waals surface area contributed by atoms with E-state index in [9.17, 15) is 29.2 Å². The average Bonchev–Trinajstić information content (AvgIpc) is 3.10. The van der Waals surface area contributed by atoms with Gasteiger partial charge in [0.1, 0.15) is 24.3 Å². The second-order valence-electron chi connectivity index (χ2n) is 8.74. The summed E-state index contributed by atoms with van der Waals surface area (Å²) in [5.74, 6) is 2.92. The number of H-pyrrole nitrogens is 1. The molecule has 1 saturated heterocycles. The highest BCUT2D eigenvalue weighted by molar-refractivity contribution is 7.54. The van der Waals surface area contributed by atoms with Crippen LogP contribution < -0.4 is 15.9 Å². The number of aromatic amines is 1. The van der Waals surface area contributed by atoms with Crippen molar-refractivity contribution in [1.29, 1.82) is 0 Å². The van der Waals surface area contributed by atoms with Crippen LogP contribution in [-0.2, 0) is 23.4 Å². The minimum absolute atomic E-state index is 0.0380. The number of aliphatic hydroxyl groups is 2. The van der Waals surface area contributed by atoms with E-state index in [0.717, 1.165) is 6.33 Å². The molecule has 1 aromatic heterocycles. The number of carbonyl (C=O) groups excluding carboxylic acids is 1. The fourth-order valence-electron chi connectivity index (χ4n) is 3.55. The Morgan fingerprint density at radius 3 is 2.63 bits per heavy atom. The van der Waals surface area contributed by atoms with E-state index in [1.165, 1.54) is 26.0 Å². The molecule has 0 aliphatic carbocycles. The Morgan fingerprint density at radius 1 is 1.34 bits per heavy atom. The minimum Gasteiger partial charge on any atom is -0.463 e. The van der Waals surface area contributed by atoms with Crippen molar-refractivity contribution >= 4 is 13.6 Å². The van der Waals surface area contributed by atoms with Gasteiger partial charge in [0.2, 0.25) is 0 Å². The summed E-state index contributed by atoms with van der Waals surface area (Å²) >= 11 is 0. The summed E-state index contributed by atoms with van der Waals surface area (Å²) in [5.41, 5.74) is -4.69. The number of hydrogen-bond donors (Lipinski definition) is 3. The van der Waals surface area contributed by atoms with Crippen molar-refractivity contribution in [3.8, 4) is 17.6 Å². The third kappa shape index (κ3) is 6.78. The first-order valence-electron chi connectivity index (χ1n) is 12.5. The molecule has 0 radical (unpaired) electrons. The van der Waals surface area contributed by atoms with Gasteiger partial charge in [-0.3, -0.25) is 18.9 Å². The lowest BCUT2D eigenvalue weighted by Crippen LogP contribution is -2.48. The normalized spacial score (nSPS) is 26.3. The Labute approximate surface area is 221 Å². The van der Waals surface area contributed by atoms with Crippen molar-refractivity contribution in [1.82, 2.24) is 14.5 Å². The molecular weight excluding hydrogens is 521 g/mol. The maximum atomic E-state index is 14.0. The Morgan fingerprint density at radius 2 is 2.03 bits per heavy atom. The Kier molecular flexibility index (Phi) is 8.36. The van der Waals surface area contributed by atoms with Crippen molar-refractivity contribution in [2.45, 2.75) is 57.8 Å². The van der Waals surface area contributed by atoms with Crippen LogP contribution >= 0.6 is 7.60 Å². The predicted octanol–water partition coefficient (Wildman–Crippen LogP) is 0.821. The third-order valence-corrected chi connectivity index (χ3v) is 7.13. The SMILES string of the molecule is [2H]C([2H])(O[P@@](=O)(C[C@@H](C)C(=O)OC(C)C)Oc1ccccc1)[C@H]1O[C@@H](n2cnc(=O)[nH]c2=O)C(O)(C#CC)[C@H]1O. The largest absolute Gasteiger partial charge is 0.463 e. The van der Waals surface area contributed by atoms with E-state index in [-0.39, 0.29) is 5.75 Å². The van der Waals surface area contributed by atoms with Crippen LogP contribution in [0.5, 0.6) is 5.75 Å². The summed E-state index contributed by atoms with van der Waals surface area (Å²) in [6.45, 7) is 2.79. The molecule has 1 aliphatic rings. The van der Waals surface area contributed by atoms with Gasteiger partial charge in [-0.25, -0.2) is 14.2 Å². The summed E-state index contributed by atoms with van der Waals surface area (Å²) in [4.78, 5) is 41.5. The number of rotatable bonds is 10. The van der Waals surface area contributed by atoms with Crippen LogP contribution in [0.4, 0.5) is 0 Å². The van der Waals surface area contributed by atoms with Crippen molar-refractivity contribution < 1.29 is 40.8 Å². The predicted molar refractivity (Wildman–Crippen MR) is 133 cm³/mol. The molecule has 14 heteroatoms. The first kappa shape index (κ1) is 26.3. The summed E-state index contributed by atoms with van der Waals surface area (Å²) in [7, 11) is -4.57. The number of carbonyl (C=O) groups is 1. The Balaban J connectivity index is 1.99. The second kappa shape index (κ2) is 12.1. The van der Waals surface area contributed by atoms with Crippen LogP contribution in [0, 0.1) is 17.8 Å². The molecule has 2 aromatic rings. The lowest BCUT2D eigenvalue weighted by molar-refractivity contribution is -0.151. The first-order valence-corrected chi connectivity index (χ1v) is 13.3. The molecule has 38 heavy (non-hydrogen) atoms. The van der Waals surface area contributed by atoms with Crippen molar-refractivity contribution in [2.75, 3.05) is 12.7 Å². The molecule has 206 valence electrons. The van der Waals surface area contributed by atoms with Crippen molar-refractivity contribution in [3.05, 3.63) is 57.6 Å². The number of nitrogens with zero attached hydrogens (tertiary/aromatic N) is 2. The van der Waals surface area contributed by atoms with Crippen LogP contribution in [0.1, 0.15) is 36.7 Å². The van der Waals surface area contributed by atoms with E-state index in [0.29, 0.717) is 4.57 Å². The van der Waals surface area contributed by atoms with Gasteiger partial charge in [0, 0.05) is 0 Å². The molecule has 3 N–H and O–H groups in total. The average molecular weight is 554 g/mol. The van der Waals surface area contributed by atoms with Gasteiger partial charge in [0.15, 0.2) is 11.8 Å². The number of esters is 1. The molecule has 0 spiro atoms. The van der Waals surface area contributed by atoms with Crippen LogP contribution in [0.25, 0.3) is 0 Å². The molecule has 2 heterocycles. The molecule has 1 aromatic carbocycles. The van der Waals surface area contributed by atoms with Crippen LogP contribution in [0.3, 0.4) is 0 Å². The number of hydrogen-bond acceptors (Lipinski definition) is 11. The molecule has 1 unspecified atom stereocenters. The highest BCUT2D eigenvalue weighted by Gasteiger charge is 2.56. The van der Waals surface area contributed by atoms with Gasteiger partial charge in [0.05, 0.1) is 27.5 Å². The Bertz CT molecular complexity index is 1440. The molecular formula is C24H30N3O10P. The number of benzene rings is 1. The highest BCUT2D eigenvalue weighted by Crippen LogP contribution is 2.51. The van der Waals surface area contributed by atoms with Gasteiger partial charge in [0.25, 0.3) is 0 Å². The number of aromatic nitrogens is 3. The van der Waals surface area contributed by atoms with Gasteiger partial charge >= 0.3 is 24.9 Å². The quantitative estimate of drug-likeness (QED) is 0.215. The van der Waals surface area contributed by atoms with Gasteiger partial charge in [-0.2, -0.15) is 4.98 Å². The van der Waals surface area contributed by atoms with Gasteiger partial charge < -0.3 is 24.2 Å². The first-order chi connectivity index (χ1) is 18.6. The zero-order chi connectivity index (χ0) is 29.9. The molecule has 0 saturated carbocycles. The van der Waals surface area contributed by atoms with Crippen molar-refractivity contribution in [2.24, 2.45) is 5.92 Å². The fraction of sp³-hybridized carbons (Fsp3) is 0.500. The maximum absolute atomic E-state index is 14.0. The highest BCUT2D eigenvalue weighted by atomic mass is 31.2. The molecule has 1 fully saturated rings. The van der Waals surface area contributed by atoms with Crippen LogP contribution in [-0.4, -0.2) is 67.4 Å². The summed E-state index contributed by atoms with van der Waals surface area (Å²) in [5, 5.41) is 22.2. The van der Waals surface area contributed by atoms with Crippen LogP contribution in [0.15, 0.2) is 46.2 Å². The Hall–Kier alpha value is -3.27. The lowest BCUT2D eigenvalue weighted by atomic mass is 9.94. The fourth-order valence-corrected chi connectivity index (χ4v) is 5.26. The zero-order valence-corrected chi connectivity index (χ0v) is 22.0. The second-order valence-corrected chi connectivity index (χ2v) is 10.7.